The fourth-order valence-electron chi connectivity index (χ4n) is 3.06. The molecule has 2 nitrogen and oxygen atoms in total. The summed E-state index contributed by atoms with van der Waals surface area (Å²) < 4.78 is 1.07. The van der Waals surface area contributed by atoms with Crippen molar-refractivity contribution in [2.24, 2.45) is 0 Å². The van der Waals surface area contributed by atoms with Crippen LogP contribution in [0, 0.1) is 0 Å². The van der Waals surface area contributed by atoms with E-state index in [9.17, 15) is 5.11 Å². The lowest BCUT2D eigenvalue weighted by molar-refractivity contribution is 0.132. The third-order valence-corrected chi connectivity index (χ3v) is 4.83. The first-order valence-corrected chi connectivity index (χ1v) is 8.14. The maximum absolute atomic E-state index is 9.97. The average Bonchev–Trinajstić information content (AvgIpc) is 2.46. The first kappa shape index (κ1) is 15.0. The molecule has 1 saturated carbocycles. The van der Waals surface area contributed by atoms with Gasteiger partial charge in [0.15, 0.2) is 0 Å². The number of rotatable bonds is 5. The summed E-state index contributed by atoms with van der Waals surface area (Å²) in [4.78, 5) is 0. The van der Waals surface area contributed by atoms with Crippen molar-refractivity contribution >= 4 is 15.9 Å². The van der Waals surface area contributed by atoms with Crippen LogP contribution in [-0.2, 0) is 5.54 Å². The SMILES string of the molecule is CCC(CO)(NC1CCCCC1)c1cccc(Br)c1. The molecule has 1 atom stereocenters. The summed E-state index contributed by atoms with van der Waals surface area (Å²) in [5, 5.41) is 13.7. The van der Waals surface area contributed by atoms with Crippen molar-refractivity contribution in [3.63, 3.8) is 0 Å². The van der Waals surface area contributed by atoms with Crippen molar-refractivity contribution in [1.29, 1.82) is 0 Å². The third-order valence-electron chi connectivity index (χ3n) is 4.34. The lowest BCUT2D eigenvalue weighted by Crippen LogP contribution is -2.50. The van der Waals surface area contributed by atoms with Gasteiger partial charge in [0.1, 0.15) is 0 Å². The second-order valence-electron chi connectivity index (χ2n) is 5.58. The standard InChI is InChI=1S/C16H24BrNO/c1-2-16(12-19,13-7-6-8-14(17)11-13)18-15-9-4-3-5-10-15/h6-8,11,15,18-19H,2-5,9-10,12H2,1H3. The van der Waals surface area contributed by atoms with Crippen molar-refractivity contribution in [2.45, 2.75) is 57.0 Å². The number of benzene rings is 1. The zero-order valence-corrected chi connectivity index (χ0v) is 13.2. The highest BCUT2D eigenvalue weighted by Crippen LogP contribution is 2.30. The molecular formula is C16H24BrNO. The molecular weight excluding hydrogens is 302 g/mol. The molecule has 1 aliphatic rings. The molecule has 3 heteroatoms. The van der Waals surface area contributed by atoms with Crippen molar-refractivity contribution < 1.29 is 5.11 Å². The minimum Gasteiger partial charge on any atom is -0.394 e. The second kappa shape index (κ2) is 6.87. The molecule has 0 bridgehead atoms. The van der Waals surface area contributed by atoms with Gasteiger partial charge in [-0.3, -0.25) is 0 Å². The fraction of sp³-hybridized carbons (Fsp3) is 0.625. The lowest BCUT2D eigenvalue weighted by atomic mass is 9.85. The van der Waals surface area contributed by atoms with Crippen LogP contribution < -0.4 is 5.32 Å². The van der Waals surface area contributed by atoms with Gasteiger partial charge in [0.2, 0.25) is 0 Å². The Morgan fingerprint density at radius 3 is 2.63 bits per heavy atom. The first-order valence-electron chi connectivity index (χ1n) is 7.35. The van der Waals surface area contributed by atoms with Crippen LogP contribution in [-0.4, -0.2) is 17.8 Å². The van der Waals surface area contributed by atoms with E-state index in [1.807, 2.05) is 12.1 Å². The molecule has 0 amide bonds. The van der Waals surface area contributed by atoms with E-state index in [1.165, 1.54) is 37.7 Å². The predicted octanol–water partition coefficient (Wildman–Crippen LogP) is 3.97. The molecule has 0 spiro atoms. The van der Waals surface area contributed by atoms with Gasteiger partial charge < -0.3 is 10.4 Å². The number of hydrogen-bond donors (Lipinski definition) is 2. The summed E-state index contributed by atoms with van der Waals surface area (Å²) in [5.74, 6) is 0. The summed E-state index contributed by atoms with van der Waals surface area (Å²) in [6.07, 6.45) is 7.33. The smallest absolute Gasteiger partial charge is 0.0668 e. The third kappa shape index (κ3) is 3.59. The Bertz CT molecular complexity index is 397. The zero-order valence-electron chi connectivity index (χ0n) is 11.7. The molecule has 106 valence electrons. The van der Waals surface area contributed by atoms with Crippen LogP contribution in [0.15, 0.2) is 28.7 Å². The molecule has 1 aromatic carbocycles. The second-order valence-corrected chi connectivity index (χ2v) is 6.50. The average molecular weight is 326 g/mol. The summed E-state index contributed by atoms with van der Waals surface area (Å²) in [6, 6.07) is 8.85. The first-order chi connectivity index (χ1) is 9.20. The molecule has 0 radical (unpaired) electrons. The minimum atomic E-state index is -0.300. The summed E-state index contributed by atoms with van der Waals surface area (Å²) >= 11 is 3.53. The van der Waals surface area contributed by atoms with Gasteiger partial charge in [0.25, 0.3) is 0 Å². The number of hydrogen-bond acceptors (Lipinski definition) is 2. The molecule has 1 unspecified atom stereocenters. The van der Waals surface area contributed by atoms with E-state index >= 15 is 0 Å². The van der Waals surface area contributed by atoms with E-state index in [0.29, 0.717) is 6.04 Å². The van der Waals surface area contributed by atoms with E-state index in [2.05, 4.69) is 40.3 Å². The Morgan fingerprint density at radius 1 is 1.32 bits per heavy atom. The molecule has 0 heterocycles. The lowest BCUT2D eigenvalue weighted by Gasteiger charge is -2.38. The highest BCUT2D eigenvalue weighted by Gasteiger charge is 2.32. The van der Waals surface area contributed by atoms with Crippen molar-refractivity contribution in [3.8, 4) is 0 Å². The zero-order chi connectivity index (χ0) is 13.7. The van der Waals surface area contributed by atoms with Gasteiger partial charge in [-0.05, 0) is 37.0 Å². The molecule has 1 aliphatic carbocycles. The molecule has 0 aliphatic heterocycles. The Morgan fingerprint density at radius 2 is 2.05 bits per heavy atom. The molecule has 1 aromatic rings. The molecule has 2 rings (SSSR count). The quantitative estimate of drug-likeness (QED) is 0.858. The molecule has 1 fully saturated rings. The normalized spacial score (nSPS) is 20.2. The largest absolute Gasteiger partial charge is 0.394 e. The van der Waals surface area contributed by atoms with Crippen LogP contribution in [0.1, 0.15) is 51.0 Å². The van der Waals surface area contributed by atoms with Gasteiger partial charge >= 0.3 is 0 Å². The molecule has 0 saturated heterocycles. The van der Waals surface area contributed by atoms with Gasteiger partial charge in [0, 0.05) is 10.5 Å². The molecule has 19 heavy (non-hydrogen) atoms. The van der Waals surface area contributed by atoms with Crippen LogP contribution >= 0.6 is 15.9 Å². The van der Waals surface area contributed by atoms with E-state index in [0.717, 1.165) is 10.9 Å². The summed E-state index contributed by atoms with van der Waals surface area (Å²) in [5.41, 5.74) is 0.878. The van der Waals surface area contributed by atoms with Gasteiger partial charge in [-0.1, -0.05) is 54.2 Å². The molecule has 2 N–H and O–H groups in total. The van der Waals surface area contributed by atoms with Crippen molar-refractivity contribution in [1.82, 2.24) is 5.32 Å². The van der Waals surface area contributed by atoms with Gasteiger partial charge in [-0.25, -0.2) is 0 Å². The van der Waals surface area contributed by atoms with Gasteiger partial charge in [-0.15, -0.1) is 0 Å². The Hall–Kier alpha value is -0.380. The highest BCUT2D eigenvalue weighted by molar-refractivity contribution is 9.10. The van der Waals surface area contributed by atoms with Crippen molar-refractivity contribution in [3.05, 3.63) is 34.3 Å². The number of aliphatic hydroxyl groups excluding tert-OH is 1. The maximum Gasteiger partial charge on any atom is 0.0668 e. The van der Waals surface area contributed by atoms with E-state index in [4.69, 9.17) is 0 Å². The Kier molecular flexibility index (Phi) is 5.43. The number of nitrogens with one attached hydrogen (secondary N) is 1. The van der Waals surface area contributed by atoms with Crippen LogP contribution in [0.3, 0.4) is 0 Å². The predicted molar refractivity (Wildman–Crippen MR) is 83.2 cm³/mol. The maximum atomic E-state index is 9.97. The highest BCUT2D eigenvalue weighted by atomic mass is 79.9. The van der Waals surface area contributed by atoms with Crippen molar-refractivity contribution in [2.75, 3.05) is 6.61 Å². The van der Waals surface area contributed by atoms with Crippen LogP contribution in [0.2, 0.25) is 0 Å². The minimum absolute atomic E-state index is 0.149. The number of aliphatic hydroxyl groups is 1. The van der Waals surface area contributed by atoms with Crippen LogP contribution in [0.5, 0.6) is 0 Å². The summed E-state index contributed by atoms with van der Waals surface area (Å²) in [6.45, 7) is 2.30. The van der Waals surface area contributed by atoms with E-state index < -0.39 is 0 Å². The van der Waals surface area contributed by atoms with E-state index in [1.54, 1.807) is 0 Å². The Labute approximate surface area is 124 Å². The van der Waals surface area contributed by atoms with E-state index in [-0.39, 0.29) is 12.1 Å². The molecule has 0 aromatic heterocycles. The topological polar surface area (TPSA) is 32.3 Å². The van der Waals surface area contributed by atoms with Gasteiger partial charge in [-0.2, -0.15) is 0 Å². The number of halogens is 1. The summed E-state index contributed by atoms with van der Waals surface area (Å²) in [7, 11) is 0. The van der Waals surface area contributed by atoms with Gasteiger partial charge in [0.05, 0.1) is 12.1 Å². The monoisotopic (exact) mass is 325 g/mol. The van der Waals surface area contributed by atoms with Crippen LogP contribution in [0.25, 0.3) is 0 Å². The fourth-order valence-corrected chi connectivity index (χ4v) is 3.46. The Balaban J connectivity index is 2.20. The van der Waals surface area contributed by atoms with Crippen LogP contribution in [0.4, 0.5) is 0 Å².